The molecule has 7 nitrogen and oxygen atoms in total. The van der Waals surface area contributed by atoms with Crippen molar-refractivity contribution in [3.05, 3.63) is 47.5 Å². The molecular formula is C23H27N3O4S. The van der Waals surface area contributed by atoms with Crippen molar-refractivity contribution in [1.82, 2.24) is 4.31 Å². The number of nitrogens with zero attached hydrogens (tertiary/aromatic N) is 3. The van der Waals surface area contributed by atoms with Crippen LogP contribution < -0.4 is 14.5 Å². The van der Waals surface area contributed by atoms with Crippen molar-refractivity contribution in [3.8, 4) is 5.75 Å². The second-order valence-corrected chi connectivity index (χ2v) is 10.3. The van der Waals surface area contributed by atoms with Gasteiger partial charge in [0, 0.05) is 32.7 Å². The molecule has 3 heterocycles. The molecule has 2 aromatic carbocycles. The standard InChI is InChI=1S/C23H27N3O4S/c1-16-19-15-18(14-17-6-5-9-26(22(17)19)23(16)27)31(28,29)25-12-10-24(11-13-25)20-7-3-4-8-21(20)30-2/h3-4,7-8,14-16H,5-6,9-13H2,1-2H3/t16-/m0/s1. The lowest BCUT2D eigenvalue weighted by Crippen LogP contribution is -2.48. The first kappa shape index (κ1) is 20.3. The predicted molar refractivity (Wildman–Crippen MR) is 119 cm³/mol. The lowest BCUT2D eigenvalue weighted by Gasteiger charge is -2.36. The Morgan fingerprint density at radius 3 is 2.52 bits per heavy atom. The number of rotatable bonds is 4. The number of amides is 1. The quantitative estimate of drug-likeness (QED) is 0.730. The van der Waals surface area contributed by atoms with Crippen molar-refractivity contribution < 1.29 is 17.9 Å². The first-order chi connectivity index (χ1) is 14.9. The molecule has 0 spiro atoms. The van der Waals surface area contributed by atoms with Gasteiger partial charge in [-0.1, -0.05) is 12.1 Å². The summed E-state index contributed by atoms with van der Waals surface area (Å²) in [5.41, 5.74) is 3.77. The number of piperazine rings is 1. The molecule has 0 unspecified atom stereocenters. The van der Waals surface area contributed by atoms with Gasteiger partial charge in [0.2, 0.25) is 15.9 Å². The van der Waals surface area contributed by atoms with E-state index in [9.17, 15) is 13.2 Å². The van der Waals surface area contributed by atoms with E-state index in [0.717, 1.165) is 47.6 Å². The van der Waals surface area contributed by atoms with Crippen LogP contribution in [0.3, 0.4) is 0 Å². The molecule has 3 aliphatic rings. The van der Waals surface area contributed by atoms with E-state index in [1.807, 2.05) is 36.1 Å². The summed E-state index contributed by atoms with van der Waals surface area (Å²) in [7, 11) is -1.98. The van der Waals surface area contributed by atoms with Crippen molar-refractivity contribution in [2.24, 2.45) is 0 Å². The summed E-state index contributed by atoms with van der Waals surface area (Å²) >= 11 is 0. The second-order valence-electron chi connectivity index (χ2n) is 8.40. The van der Waals surface area contributed by atoms with Gasteiger partial charge < -0.3 is 14.5 Å². The first-order valence-corrected chi connectivity index (χ1v) is 12.2. The largest absolute Gasteiger partial charge is 0.495 e. The molecule has 2 aromatic rings. The molecule has 1 atom stereocenters. The third-order valence-electron chi connectivity index (χ3n) is 6.69. The number of ether oxygens (including phenoxy) is 1. The lowest BCUT2D eigenvalue weighted by molar-refractivity contribution is -0.119. The van der Waals surface area contributed by atoms with Gasteiger partial charge in [0.25, 0.3) is 0 Å². The fraction of sp³-hybridized carbons (Fsp3) is 0.435. The van der Waals surface area contributed by atoms with Gasteiger partial charge in [0.15, 0.2) is 0 Å². The number of carbonyl (C=O) groups is 1. The van der Waals surface area contributed by atoms with Crippen molar-refractivity contribution in [3.63, 3.8) is 0 Å². The van der Waals surface area contributed by atoms with Crippen molar-refractivity contribution in [2.75, 3.05) is 49.6 Å². The third-order valence-corrected chi connectivity index (χ3v) is 8.57. The Morgan fingerprint density at radius 1 is 1.03 bits per heavy atom. The summed E-state index contributed by atoms with van der Waals surface area (Å²) in [6.07, 6.45) is 1.68. The molecule has 0 radical (unpaired) electrons. The number of hydrogen-bond donors (Lipinski definition) is 0. The SMILES string of the molecule is COc1ccccc1N1CCN(S(=O)(=O)c2cc3c4c(c2)[C@H](C)C(=O)N4CCC3)CC1. The number of para-hydroxylation sites is 2. The van der Waals surface area contributed by atoms with E-state index in [1.54, 1.807) is 23.5 Å². The number of methoxy groups -OCH3 is 1. The van der Waals surface area contributed by atoms with Crippen LogP contribution in [0.15, 0.2) is 41.3 Å². The van der Waals surface area contributed by atoms with Crippen LogP contribution in [-0.2, 0) is 21.2 Å². The maximum absolute atomic E-state index is 13.5. The monoisotopic (exact) mass is 441 g/mol. The molecule has 0 bridgehead atoms. The highest BCUT2D eigenvalue weighted by molar-refractivity contribution is 7.89. The molecule has 0 N–H and O–H groups in total. The smallest absolute Gasteiger partial charge is 0.243 e. The Labute approximate surface area is 183 Å². The van der Waals surface area contributed by atoms with Gasteiger partial charge in [-0.2, -0.15) is 4.31 Å². The fourth-order valence-electron chi connectivity index (χ4n) is 5.02. The number of aryl methyl sites for hydroxylation is 1. The number of hydrogen-bond acceptors (Lipinski definition) is 5. The zero-order chi connectivity index (χ0) is 21.8. The van der Waals surface area contributed by atoms with Crippen LogP contribution in [0, 0.1) is 0 Å². The van der Waals surface area contributed by atoms with E-state index in [2.05, 4.69) is 4.90 Å². The van der Waals surface area contributed by atoms with Crippen LogP contribution in [0.25, 0.3) is 0 Å². The third kappa shape index (κ3) is 3.20. The molecule has 1 saturated heterocycles. The summed E-state index contributed by atoms with van der Waals surface area (Å²) in [5, 5.41) is 0. The van der Waals surface area contributed by atoms with E-state index < -0.39 is 10.0 Å². The minimum absolute atomic E-state index is 0.0796. The Kier molecular flexibility index (Phi) is 4.94. The topological polar surface area (TPSA) is 70.2 Å². The second kappa shape index (κ2) is 7.53. The van der Waals surface area contributed by atoms with Crippen molar-refractivity contribution in [1.29, 1.82) is 0 Å². The summed E-state index contributed by atoms with van der Waals surface area (Å²) in [5.74, 6) is 0.583. The normalized spacial score (nSPS) is 21.4. The number of carbonyl (C=O) groups excluding carboxylic acids is 1. The zero-order valence-electron chi connectivity index (χ0n) is 17.9. The Morgan fingerprint density at radius 2 is 1.77 bits per heavy atom. The molecule has 0 aromatic heterocycles. The van der Waals surface area contributed by atoms with Gasteiger partial charge in [-0.05, 0) is 55.2 Å². The van der Waals surface area contributed by atoms with E-state index >= 15 is 0 Å². The molecular weight excluding hydrogens is 414 g/mol. The number of sulfonamides is 1. The Balaban J connectivity index is 1.41. The maximum Gasteiger partial charge on any atom is 0.243 e. The molecule has 31 heavy (non-hydrogen) atoms. The number of anilines is 2. The zero-order valence-corrected chi connectivity index (χ0v) is 18.7. The molecule has 0 aliphatic carbocycles. The number of benzene rings is 2. The van der Waals surface area contributed by atoms with Gasteiger partial charge >= 0.3 is 0 Å². The van der Waals surface area contributed by atoms with Crippen molar-refractivity contribution >= 4 is 27.3 Å². The summed E-state index contributed by atoms with van der Waals surface area (Å²) in [6.45, 7) is 4.61. The van der Waals surface area contributed by atoms with Crippen LogP contribution in [0.2, 0.25) is 0 Å². The molecule has 3 aliphatic heterocycles. The highest BCUT2D eigenvalue weighted by Gasteiger charge is 2.40. The van der Waals surface area contributed by atoms with Crippen LogP contribution >= 0.6 is 0 Å². The Hall–Kier alpha value is -2.58. The minimum atomic E-state index is -3.63. The molecule has 5 rings (SSSR count). The average Bonchev–Trinajstić information content (AvgIpc) is 3.05. The van der Waals surface area contributed by atoms with E-state index in [4.69, 9.17) is 4.74 Å². The predicted octanol–water partition coefficient (Wildman–Crippen LogP) is 2.60. The molecule has 0 saturated carbocycles. The minimum Gasteiger partial charge on any atom is -0.495 e. The average molecular weight is 442 g/mol. The Bertz CT molecular complexity index is 1140. The molecule has 1 fully saturated rings. The molecule has 1 amide bonds. The van der Waals surface area contributed by atoms with Gasteiger partial charge in [-0.15, -0.1) is 0 Å². The van der Waals surface area contributed by atoms with Crippen LogP contribution in [0.5, 0.6) is 5.75 Å². The summed E-state index contributed by atoms with van der Waals surface area (Å²) in [4.78, 5) is 16.9. The fourth-order valence-corrected chi connectivity index (χ4v) is 6.53. The summed E-state index contributed by atoms with van der Waals surface area (Å²) in [6, 6.07) is 11.3. The first-order valence-electron chi connectivity index (χ1n) is 10.8. The van der Waals surface area contributed by atoms with Crippen molar-refractivity contribution in [2.45, 2.75) is 30.6 Å². The van der Waals surface area contributed by atoms with Gasteiger partial charge in [-0.3, -0.25) is 4.79 Å². The van der Waals surface area contributed by atoms with Gasteiger partial charge in [0.05, 0.1) is 29.3 Å². The van der Waals surface area contributed by atoms with Crippen LogP contribution in [-0.4, -0.2) is 58.5 Å². The highest BCUT2D eigenvalue weighted by Crippen LogP contribution is 2.44. The molecule has 164 valence electrons. The van der Waals surface area contributed by atoms with E-state index in [1.165, 1.54) is 0 Å². The van der Waals surface area contributed by atoms with E-state index in [0.29, 0.717) is 31.1 Å². The van der Waals surface area contributed by atoms with Gasteiger partial charge in [-0.25, -0.2) is 8.42 Å². The summed E-state index contributed by atoms with van der Waals surface area (Å²) < 4.78 is 34.0. The van der Waals surface area contributed by atoms with Crippen LogP contribution in [0.4, 0.5) is 11.4 Å². The van der Waals surface area contributed by atoms with Gasteiger partial charge in [0.1, 0.15) is 5.75 Å². The lowest BCUT2D eigenvalue weighted by atomic mass is 9.97. The molecule has 8 heteroatoms. The van der Waals surface area contributed by atoms with E-state index in [-0.39, 0.29) is 11.8 Å². The maximum atomic E-state index is 13.5. The van der Waals surface area contributed by atoms with Crippen LogP contribution in [0.1, 0.15) is 30.4 Å². The highest BCUT2D eigenvalue weighted by atomic mass is 32.2.